The van der Waals surface area contributed by atoms with Gasteiger partial charge in [-0.2, -0.15) is 11.8 Å². The van der Waals surface area contributed by atoms with Crippen molar-refractivity contribution in [3.8, 4) is 0 Å². The fourth-order valence-electron chi connectivity index (χ4n) is 2.08. The molecule has 2 aromatic rings. The van der Waals surface area contributed by atoms with Gasteiger partial charge in [-0.15, -0.1) is 6.58 Å². The van der Waals surface area contributed by atoms with E-state index in [1.54, 1.807) is 30.0 Å². The van der Waals surface area contributed by atoms with E-state index < -0.39 is 0 Å². The molecule has 0 N–H and O–H groups in total. The van der Waals surface area contributed by atoms with Crippen LogP contribution in [-0.2, 0) is 15.2 Å². The van der Waals surface area contributed by atoms with Crippen LogP contribution in [0, 0.1) is 0 Å². The van der Waals surface area contributed by atoms with Crippen LogP contribution in [0.25, 0.3) is 0 Å². The van der Waals surface area contributed by atoms with Gasteiger partial charge in [0, 0.05) is 11.5 Å². The van der Waals surface area contributed by atoms with Gasteiger partial charge in [-0.05, 0) is 17.7 Å². The average molecular weight is 342 g/mol. The summed E-state index contributed by atoms with van der Waals surface area (Å²) in [5, 5.41) is 0. The Kier molecular flexibility index (Phi) is 8.15. The van der Waals surface area contributed by atoms with Crippen LogP contribution in [0.2, 0.25) is 0 Å². The molecule has 3 nitrogen and oxygen atoms in total. The van der Waals surface area contributed by atoms with Crippen LogP contribution >= 0.6 is 11.8 Å². The SMILES string of the molecule is C=CCOCC(CSCc1ccccc1)OC(=O)c1ccccc1. The molecular formula is C20H22O3S. The molecular weight excluding hydrogens is 320 g/mol. The molecule has 0 fully saturated rings. The Labute approximate surface area is 147 Å². The third-order valence-electron chi connectivity index (χ3n) is 3.24. The minimum atomic E-state index is -0.317. The van der Waals surface area contributed by atoms with Crippen molar-refractivity contribution in [2.45, 2.75) is 11.9 Å². The first-order valence-electron chi connectivity index (χ1n) is 7.86. The number of ether oxygens (including phenoxy) is 2. The van der Waals surface area contributed by atoms with Gasteiger partial charge in [0.1, 0.15) is 6.10 Å². The van der Waals surface area contributed by atoms with Crippen molar-refractivity contribution < 1.29 is 14.3 Å². The molecule has 0 heterocycles. The molecule has 0 aliphatic rings. The number of benzene rings is 2. The molecule has 0 aromatic heterocycles. The third-order valence-corrected chi connectivity index (χ3v) is 4.38. The molecule has 1 unspecified atom stereocenters. The minimum Gasteiger partial charge on any atom is -0.455 e. The fraction of sp³-hybridized carbons (Fsp3) is 0.250. The van der Waals surface area contributed by atoms with Gasteiger partial charge in [-0.25, -0.2) is 4.79 Å². The molecule has 0 spiro atoms. The molecule has 0 aliphatic heterocycles. The first-order valence-corrected chi connectivity index (χ1v) is 9.01. The number of hydrogen-bond donors (Lipinski definition) is 0. The number of thioether (sulfide) groups is 1. The molecule has 4 heteroatoms. The van der Waals surface area contributed by atoms with Gasteiger partial charge in [-0.1, -0.05) is 54.6 Å². The van der Waals surface area contributed by atoms with Gasteiger partial charge in [0.25, 0.3) is 0 Å². The van der Waals surface area contributed by atoms with Crippen LogP contribution in [0.5, 0.6) is 0 Å². The summed E-state index contributed by atoms with van der Waals surface area (Å²) in [6.07, 6.45) is 1.40. The van der Waals surface area contributed by atoms with Crippen LogP contribution in [0.15, 0.2) is 73.3 Å². The van der Waals surface area contributed by atoms with E-state index in [9.17, 15) is 4.79 Å². The van der Waals surface area contributed by atoms with Crippen LogP contribution in [-0.4, -0.2) is 31.0 Å². The largest absolute Gasteiger partial charge is 0.455 e. The predicted molar refractivity (Wildman–Crippen MR) is 99.3 cm³/mol. The Balaban J connectivity index is 1.86. The van der Waals surface area contributed by atoms with Crippen LogP contribution in [0.4, 0.5) is 0 Å². The topological polar surface area (TPSA) is 35.5 Å². The zero-order valence-corrected chi connectivity index (χ0v) is 14.4. The Morgan fingerprint density at radius 3 is 2.42 bits per heavy atom. The summed E-state index contributed by atoms with van der Waals surface area (Å²) in [5.41, 5.74) is 1.81. The lowest BCUT2D eigenvalue weighted by molar-refractivity contribution is 0.00842. The second-order valence-electron chi connectivity index (χ2n) is 5.22. The van der Waals surface area contributed by atoms with E-state index in [4.69, 9.17) is 9.47 Å². The lowest BCUT2D eigenvalue weighted by Crippen LogP contribution is -2.26. The van der Waals surface area contributed by atoms with Crippen molar-refractivity contribution in [1.82, 2.24) is 0 Å². The van der Waals surface area contributed by atoms with Crippen molar-refractivity contribution in [2.75, 3.05) is 19.0 Å². The number of hydrogen-bond acceptors (Lipinski definition) is 4. The summed E-state index contributed by atoms with van der Waals surface area (Å²) in [5.74, 6) is 1.25. The van der Waals surface area contributed by atoms with Gasteiger partial charge < -0.3 is 9.47 Å². The lowest BCUT2D eigenvalue weighted by Gasteiger charge is -2.17. The highest BCUT2D eigenvalue weighted by atomic mass is 32.2. The summed E-state index contributed by atoms with van der Waals surface area (Å²) in [6.45, 7) is 4.44. The van der Waals surface area contributed by atoms with Crippen LogP contribution in [0.3, 0.4) is 0 Å². The van der Waals surface area contributed by atoms with Crippen molar-refractivity contribution in [3.63, 3.8) is 0 Å². The van der Waals surface area contributed by atoms with Crippen molar-refractivity contribution in [1.29, 1.82) is 0 Å². The Morgan fingerprint density at radius 1 is 1.08 bits per heavy atom. The Bertz CT molecular complexity index is 613. The van der Waals surface area contributed by atoms with Crippen molar-refractivity contribution in [3.05, 3.63) is 84.4 Å². The maximum absolute atomic E-state index is 12.2. The quantitative estimate of drug-likeness (QED) is 0.365. The first-order chi connectivity index (χ1) is 11.8. The van der Waals surface area contributed by atoms with Gasteiger partial charge >= 0.3 is 5.97 Å². The highest BCUT2D eigenvalue weighted by Gasteiger charge is 2.16. The van der Waals surface area contributed by atoms with E-state index in [0.717, 1.165) is 5.75 Å². The monoisotopic (exact) mass is 342 g/mol. The standard InChI is InChI=1S/C20H22O3S/c1-2-13-22-14-19(16-24-15-17-9-5-3-6-10-17)23-20(21)18-11-7-4-8-12-18/h2-12,19H,1,13-16H2. The highest BCUT2D eigenvalue weighted by molar-refractivity contribution is 7.98. The summed E-state index contributed by atoms with van der Waals surface area (Å²) >= 11 is 1.73. The second-order valence-corrected chi connectivity index (χ2v) is 6.25. The van der Waals surface area contributed by atoms with Gasteiger partial charge in [0.15, 0.2) is 0 Å². The van der Waals surface area contributed by atoms with E-state index in [2.05, 4.69) is 18.7 Å². The first kappa shape index (κ1) is 18.3. The fourth-order valence-corrected chi connectivity index (χ4v) is 3.05. The van der Waals surface area contributed by atoms with E-state index in [-0.39, 0.29) is 12.1 Å². The molecule has 24 heavy (non-hydrogen) atoms. The maximum atomic E-state index is 12.2. The number of carbonyl (C=O) groups is 1. The van der Waals surface area contributed by atoms with Crippen LogP contribution in [0.1, 0.15) is 15.9 Å². The Hall–Kier alpha value is -2.04. The summed E-state index contributed by atoms with van der Waals surface area (Å²) in [4.78, 5) is 12.2. The highest BCUT2D eigenvalue weighted by Crippen LogP contribution is 2.15. The molecule has 0 radical (unpaired) electrons. The van der Waals surface area contributed by atoms with Gasteiger partial charge in [-0.3, -0.25) is 0 Å². The summed E-state index contributed by atoms with van der Waals surface area (Å²) in [6, 6.07) is 19.2. The second kappa shape index (κ2) is 10.7. The smallest absolute Gasteiger partial charge is 0.338 e. The average Bonchev–Trinajstić information content (AvgIpc) is 2.63. The molecule has 0 bridgehead atoms. The lowest BCUT2D eigenvalue weighted by atomic mass is 10.2. The molecule has 0 amide bonds. The molecule has 0 aliphatic carbocycles. The van der Waals surface area contributed by atoms with E-state index in [1.807, 2.05) is 36.4 Å². The molecule has 1 atom stereocenters. The third kappa shape index (κ3) is 6.60. The van der Waals surface area contributed by atoms with E-state index in [1.165, 1.54) is 5.56 Å². The molecule has 2 rings (SSSR count). The number of rotatable bonds is 10. The molecule has 0 saturated heterocycles. The maximum Gasteiger partial charge on any atom is 0.338 e. The summed E-state index contributed by atoms with van der Waals surface area (Å²) in [7, 11) is 0. The van der Waals surface area contributed by atoms with Crippen molar-refractivity contribution in [2.24, 2.45) is 0 Å². The predicted octanol–water partition coefficient (Wildman–Crippen LogP) is 4.35. The van der Waals surface area contributed by atoms with E-state index >= 15 is 0 Å². The minimum absolute atomic E-state index is 0.286. The van der Waals surface area contributed by atoms with E-state index in [0.29, 0.717) is 24.5 Å². The van der Waals surface area contributed by atoms with Crippen LogP contribution < -0.4 is 0 Å². The summed E-state index contributed by atoms with van der Waals surface area (Å²) < 4.78 is 11.1. The van der Waals surface area contributed by atoms with Gasteiger partial charge in [0.05, 0.1) is 18.8 Å². The Morgan fingerprint density at radius 2 is 1.75 bits per heavy atom. The zero-order chi connectivity index (χ0) is 17.0. The molecule has 126 valence electrons. The molecule has 0 saturated carbocycles. The number of esters is 1. The number of carbonyl (C=O) groups excluding carboxylic acids is 1. The molecule has 2 aromatic carbocycles. The van der Waals surface area contributed by atoms with Gasteiger partial charge in [0.2, 0.25) is 0 Å². The normalized spacial score (nSPS) is 11.7. The van der Waals surface area contributed by atoms with Crippen molar-refractivity contribution >= 4 is 17.7 Å². The zero-order valence-electron chi connectivity index (χ0n) is 13.6.